The number of carbonyl (C=O) groups excluding carboxylic acids is 2. The summed E-state index contributed by atoms with van der Waals surface area (Å²) in [6.07, 6.45) is 1.20. The molecule has 114 valence electrons. The van der Waals surface area contributed by atoms with E-state index in [-0.39, 0.29) is 11.8 Å². The zero-order chi connectivity index (χ0) is 15.6. The van der Waals surface area contributed by atoms with Gasteiger partial charge in [-0.1, -0.05) is 31.5 Å². The van der Waals surface area contributed by atoms with Crippen LogP contribution in [0.3, 0.4) is 0 Å². The second-order valence-electron chi connectivity index (χ2n) is 6.05. The Labute approximate surface area is 130 Å². The van der Waals surface area contributed by atoms with Crippen LogP contribution in [0.25, 0.3) is 0 Å². The molecule has 0 spiro atoms. The van der Waals surface area contributed by atoms with Gasteiger partial charge < -0.3 is 10.6 Å². The maximum Gasteiger partial charge on any atom is 0.240 e. The first-order valence-corrected chi connectivity index (χ1v) is 7.59. The van der Waals surface area contributed by atoms with Crippen LogP contribution in [0.4, 0.5) is 5.69 Å². The van der Waals surface area contributed by atoms with Gasteiger partial charge in [0.1, 0.15) is 5.41 Å². The molecule has 1 fully saturated rings. The fourth-order valence-corrected chi connectivity index (χ4v) is 2.31. The standard InChI is InChI=1S/C16H21ClN2O2/c1-10(2)9-18-14(20)16(7-8-16)15(21)19-13-6-4-5-12(17)11(13)3/h4-6,10H,7-9H2,1-3H3,(H,18,20)(H,19,21). The first-order valence-electron chi connectivity index (χ1n) is 7.21. The van der Waals surface area contributed by atoms with Crippen LogP contribution in [0, 0.1) is 18.3 Å². The summed E-state index contributed by atoms with van der Waals surface area (Å²) in [5.74, 6) is -0.0505. The van der Waals surface area contributed by atoms with Crippen molar-refractivity contribution < 1.29 is 9.59 Å². The molecule has 2 rings (SSSR count). The molecule has 21 heavy (non-hydrogen) atoms. The third-order valence-corrected chi connectivity index (χ3v) is 4.22. The molecular weight excluding hydrogens is 288 g/mol. The number of amides is 2. The zero-order valence-electron chi connectivity index (χ0n) is 12.6. The van der Waals surface area contributed by atoms with Gasteiger partial charge in [-0.25, -0.2) is 0 Å². The van der Waals surface area contributed by atoms with E-state index in [9.17, 15) is 9.59 Å². The van der Waals surface area contributed by atoms with Gasteiger partial charge in [-0.2, -0.15) is 0 Å². The van der Waals surface area contributed by atoms with Crippen LogP contribution in [0.5, 0.6) is 0 Å². The van der Waals surface area contributed by atoms with Gasteiger partial charge >= 0.3 is 0 Å². The van der Waals surface area contributed by atoms with Gasteiger partial charge in [0.15, 0.2) is 0 Å². The average molecular weight is 309 g/mol. The SMILES string of the molecule is Cc1c(Cl)cccc1NC(=O)C1(C(=O)NCC(C)C)CC1. The Morgan fingerprint density at radius 2 is 1.95 bits per heavy atom. The number of nitrogens with one attached hydrogen (secondary N) is 2. The Kier molecular flexibility index (Phi) is 4.57. The third-order valence-electron chi connectivity index (χ3n) is 3.81. The van der Waals surface area contributed by atoms with Crippen molar-refractivity contribution in [1.29, 1.82) is 0 Å². The largest absolute Gasteiger partial charge is 0.355 e. The summed E-state index contributed by atoms with van der Waals surface area (Å²) in [6, 6.07) is 5.35. The molecule has 0 saturated heterocycles. The highest BCUT2D eigenvalue weighted by atomic mass is 35.5. The molecule has 2 amide bonds. The summed E-state index contributed by atoms with van der Waals surface area (Å²) < 4.78 is 0. The summed E-state index contributed by atoms with van der Waals surface area (Å²) in [5, 5.41) is 6.29. The molecule has 0 aromatic heterocycles. The van der Waals surface area contributed by atoms with E-state index in [0.717, 1.165) is 5.56 Å². The average Bonchev–Trinajstić information content (AvgIpc) is 3.22. The van der Waals surface area contributed by atoms with Crippen molar-refractivity contribution >= 4 is 29.1 Å². The van der Waals surface area contributed by atoms with E-state index in [0.29, 0.717) is 36.0 Å². The quantitative estimate of drug-likeness (QED) is 0.821. The summed E-state index contributed by atoms with van der Waals surface area (Å²) >= 11 is 6.04. The lowest BCUT2D eigenvalue weighted by molar-refractivity contribution is -0.134. The van der Waals surface area contributed by atoms with Crippen molar-refractivity contribution in [1.82, 2.24) is 5.32 Å². The summed E-state index contributed by atoms with van der Waals surface area (Å²) in [4.78, 5) is 24.6. The minimum atomic E-state index is -0.899. The van der Waals surface area contributed by atoms with Crippen molar-refractivity contribution in [2.24, 2.45) is 11.3 Å². The Morgan fingerprint density at radius 3 is 2.52 bits per heavy atom. The van der Waals surface area contributed by atoms with Gasteiger partial charge in [-0.15, -0.1) is 0 Å². The predicted octanol–water partition coefficient (Wildman–Crippen LogP) is 3.14. The second-order valence-corrected chi connectivity index (χ2v) is 6.46. The van der Waals surface area contributed by atoms with Gasteiger partial charge in [0.05, 0.1) is 0 Å². The molecule has 2 N–H and O–H groups in total. The minimum Gasteiger partial charge on any atom is -0.355 e. The Balaban J connectivity index is 2.06. The van der Waals surface area contributed by atoms with Crippen molar-refractivity contribution in [2.75, 3.05) is 11.9 Å². The van der Waals surface area contributed by atoms with E-state index in [1.807, 2.05) is 20.8 Å². The van der Waals surface area contributed by atoms with E-state index in [2.05, 4.69) is 10.6 Å². The van der Waals surface area contributed by atoms with E-state index < -0.39 is 5.41 Å². The molecule has 1 aromatic carbocycles. The molecule has 0 atom stereocenters. The first kappa shape index (κ1) is 15.8. The number of benzene rings is 1. The minimum absolute atomic E-state index is 0.173. The van der Waals surface area contributed by atoms with Crippen LogP contribution in [0.15, 0.2) is 18.2 Å². The molecule has 1 saturated carbocycles. The van der Waals surface area contributed by atoms with Crippen LogP contribution in [-0.2, 0) is 9.59 Å². The zero-order valence-corrected chi connectivity index (χ0v) is 13.4. The van der Waals surface area contributed by atoms with Gasteiger partial charge in [0.25, 0.3) is 0 Å². The molecule has 0 aliphatic heterocycles. The number of hydrogen-bond donors (Lipinski definition) is 2. The lowest BCUT2D eigenvalue weighted by Gasteiger charge is -2.17. The molecule has 0 unspecified atom stereocenters. The molecule has 1 aliphatic carbocycles. The van der Waals surface area contributed by atoms with Crippen molar-refractivity contribution in [3.63, 3.8) is 0 Å². The normalized spacial score (nSPS) is 15.7. The topological polar surface area (TPSA) is 58.2 Å². The van der Waals surface area contributed by atoms with Gasteiger partial charge in [0, 0.05) is 17.3 Å². The summed E-state index contributed by atoms with van der Waals surface area (Å²) in [5.41, 5.74) is 0.574. The highest BCUT2D eigenvalue weighted by molar-refractivity contribution is 6.31. The van der Waals surface area contributed by atoms with Crippen molar-refractivity contribution in [2.45, 2.75) is 33.6 Å². The number of rotatable bonds is 5. The number of halogens is 1. The van der Waals surface area contributed by atoms with E-state index in [4.69, 9.17) is 11.6 Å². The first-order chi connectivity index (χ1) is 9.86. The molecule has 4 nitrogen and oxygen atoms in total. The van der Waals surface area contributed by atoms with Gasteiger partial charge in [-0.05, 0) is 43.4 Å². The third kappa shape index (κ3) is 3.38. The Bertz CT molecular complexity index is 565. The fraction of sp³-hybridized carbons (Fsp3) is 0.500. The van der Waals surface area contributed by atoms with E-state index in [1.54, 1.807) is 18.2 Å². The van der Waals surface area contributed by atoms with E-state index in [1.165, 1.54) is 0 Å². The van der Waals surface area contributed by atoms with Gasteiger partial charge in [0.2, 0.25) is 11.8 Å². The highest BCUT2D eigenvalue weighted by Crippen LogP contribution is 2.47. The Morgan fingerprint density at radius 1 is 1.29 bits per heavy atom. The summed E-state index contributed by atoms with van der Waals surface area (Å²) in [7, 11) is 0. The maximum absolute atomic E-state index is 12.4. The molecule has 0 radical (unpaired) electrons. The monoisotopic (exact) mass is 308 g/mol. The van der Waals surface area contributed by atoms with Crippen LogP contribution < -0.4 is 10.6 Å². The number of hydrogen-bond acceptors (Lipinski definition) is 2. The van der Waals surface area contributed by atoms with Crippen LogP contribution in [0.2, 0.25) is 5.02 Å². The van der Waals surface area contributed by atoms with Gasteiger partial charge in [-0.3, -0.25) is 9.59 Å². The maximum atomic E-state index is 12.4. The molecule has 1 aromatic rings. The molecular formula is C16H21ClN2O2. The molecule has 1 aliphatic rings. The number of carbonyl (C=O) groups is 2. The molecule has 0 heterocycles. The lowest BCUT2D eigenvalue weighted by Crippen LogP contribution is -2.41. The number of anilines is 1. The van der Waals surface area contributed by atoms with Crippen molar-refractivity contribution in [3.05, 3.63) is 28.8 Å². The predicted molar refractivity (Wildman–Crippen MR) is 84.3 cm³/mol. The fourth-order valence-electron chi connectivity index (χ4n) is 2.13. The smallest absolute Gasteiger partial charge is 0.240 e. The molecule has 0 bridgehead atoms. The summed E-state index contributed by atoms with van der Waals surface area (Å²) in [6.45, 7) is 6.48. The van der Waals surface area contributed by atoms with Crippen molar-refractivity contribution in [3.8, 4) is 0 Å². The van der Waals surface area contributed by atoms with Crippen LogP contribution >= 0.6 is 11.6 Å². The van der Waals surface area contributed by atoms with Crippen LogP contribution in [-0.4, -0.2) is 18.4 Å². The Hall–Kier alpha value is -1.55. The molecule has 5 heteroatoms. The second kappa shape index (κ2) is 6.06. The lowest BCUT2D eigenvalue weighted by atomic mass is 10.0. The highest BCUT2D eigenvalue weighted by Gasteiger charge is 2.56. The van der Waals surface area contributed by atoms with Crippen LogP contribution in [0.1, 0.15) is 32.3 Å². The van der Waals surface area contributed by atoms with E-state index >= 15 is 0 Å².